The normalized spacial score (nSPS) is 23.3. The van der Waals surface area contributed by atoms with Crippen LogP contribution in [0.5, 0.6) is 0 Å². The highest BCUT2D eigenvalue weighted by Crippen LogP contribution is 2.29. The maximum Gasteiger partial charge on any atom is 0.233 e. The van der Waals surface area contributed by atoms with Gasteiger partial charge in [0, 0.05) is 20.3 Å². The van der Waals surface area contributed by atoms with Crippen molar-refractivity contribution >= 4 is 5.91 Å². The molecule has 1 rings (SSSR count). The molecule has 0 spiro atoms. The summed E-state index contributed by atoms with van der Waals surface area (Å²) in [5, 5.41) is 6.12. The topological polar surface area (TPSA) is 50.4 Å². The van der Waals surface area contributed by atoms with Gasteiger partial charge < -0.3 is 15.4 Å². The van der Waals surface area contributed by atoms with Gasteiger partial charge in [0.05, 0.1) is 6.54 Å². The van der Waals surface area contributed by atoms with Crippen molar-refractivity contribution in [1.82, 2.24) is 10.6 Å². The number of hydrogen-bond acceptors (Lipinski definition) is 3. The van der Waals surface area contributed by atoms with Crippen LogP contribution < -0.4 is 10.6 Å². The third-order valence-corrected chi connectivity index (χ3v) is 4.00. The standard InChI is InChI=1S/C15H30N2O2/c1-13-4-6-14(7-5-13)8-10-16-12-15(18)17-9-3-11-19-2/h13-14,16H,3-12H2,1-2H3,(H,17,18). The Balaban J connectivity index is 1.91. The summed E-state index contributed by atoms with van der Waals surface area (Å²) in [6, 6.07) is 0. The van der Waals surface area contributed by atoms with Crippen LogP contribution in [0.25, 0.3) is 0 Å². The van der Waals surface area contributed by atoms with Crippen molar-refractivity contribution in [1.29, 1.82) is 0 Å². The van der Waals surface area contributed by atoms with E-state index in [9.17, 15) is 4.79 Å². The Hall–Kier alpha value is -0.610. The van der Waals surface area contributed by atoms with Crippen LogP contribution in [-0.4, -0.2) is 39.3 Å². The van der Waals surface area contributed by atoms with Crippen molar-refractivity contribution < 1.29 is 9.53 Å². The van der Waals surface area contributed by atoms with E-state index in [1.807, 2.05) is 0 Å². The van der Waals surface area contributed by atoms with Crippen LogP contribution in [0.4, 0.5) is 0 Å². The minimum atomic E-state index is 0.0911. The van der Waals surface area contributed by atoms with E-state index in [4.69, 9.17) is 4.74 Å². The molecular weight excluding hydrogens is 240 g/mol. The first-order valence-electron chi connectivity index (χ1n) is 7.68. The summed E-state index contributed by atoms with van der Waals surface area (Å²) in [6.07, 6.45) is 7.58. The molecule has 0 aromatic rings. The molecule has 1 amide bonds. The highest BCUT2D eigenvalue weighted by Gasteiger charge is 2.17. The molecule has 2 N–H and O–H groups in total. The van der Waals surface area contributed by atoms with Crippen LogP contribution in [0.15, 0.2) is 0 Å². The lowest BCUT2D eigenvalue weighted by molar-refractivity contribution is -0.120. The summed E-state index contributed by atoms with van der Waals surface area (Å²) in [4.78, 5) is 11.5. The molecule has 1 fully saturated rings. The smallest absolute Gasteiger partial charge is 0.233 e. The van der Waals surface area contributed by atoms with E-state index in [-0.39, 0.29) is 5.91 Å². The van der Waals surface area contributed by atoms with Crippen molar-refractivity contribution in [3.63, 3.8) is 0 Å². The fourth-order valence-electron chi connectivity index (χ4n) is 2.63. The zero-order valence-electron chi connectivity index (χ0n) is 12.5. The quantitative estimate of drug-likeness (QED) is 0.630. The van der Waals surface area contributed by atoms with Gasteiger partial charge in [-0.2, -0.15) is 0 Å². The molecule has 0 aliphatic heterocycles. The maximum absolute atomic E-state index is 11.5. The van der Waals surface area contributed by atoms with E-state index in [0.717, 1.165) is 24.8 Å². The number of hydrogen-bond donors (Lipinski definition) is 2. The van der Waals surface area contributed by atoms with Gasteiger partial charge >= 0.3 is 0 Å². The van der Waals surface area contributed by atoms with Crippen molar-refractivity contribution in [2.75, 3.05) is 33.4 Å². The minimum absolute atomic E-state index is 0.0911. The van der Waals surface area contributed by atoms with E-state index < -0.39 is 0 Å². The van der Waals surface area contributed by atoms with Gasteiger partial charge in [-0.25, -0.2) is 0 Å². The van der Waals surface area contributed by atoms with Crippen LogP contribution in [0.1, 0.15) is 45.4 Å². The van der Waals surface area contributed by atoms with E-state index in [2.05, 4.69) is 17.6 Å². The fourth-order valence-corrected chi connectivity index (χ4v) is 2.63. The van der Waals surface area contributed by atoms with Crippen LogP contribution in [-0.2, 0) is 9.53 Å². The first-order valence-corrected chi connectivity index (χ1v) is 7.68. The van der Waals surface area contributed by atoms with Gasteiger partial charge in [-0.3, -0.25) is 4.79 Å². The number of ether oxygens (including phenoxy) is 1. The third kappa shape index (κ3) is 8.22. The number of nitrogens with one attached hydrogen (secondary N) is 2. The van der Waals surface area contributed by atoms with E-state index >= 15 is 0 Å². The first kappa shape index (κ1) is 16.4. The largest absolute Gasteiger partial charge is 0.385 e. The number of rotatable bonds is 9. The average Bonchev–Trinajstić information content (AvgIpc) is 2.42. The highest BCUT2D eigenvalue weighted by molar-refractivity contribution is 5.77. The predicted octanol–water partition coefficient (Wildman–Crippen LogP) is 1.95. The van der Waals surface area contributed by atoms with Crippen LogP contribution in [0, 0.1) is 11.8 Å². The monoisotopic (exact) mass is 270 g/mol. The Bertz CT molecular complexity index is 238. The summed E-state index contributed by atoms with van der Waals surface area (Å²) in [5.41, 5.74) is 0. The van der Waals surface area contributed by atoms with Gasteiger partial charge in [-0.15, -0.1) is 0 Å². The zero-order valence-corrected chi connectivity index (χ0v) is 12.5. The predicted molar refractivity (Wildman–Crippen MR) is 78.1 cm³/mol. The van der Waals surface area contributed by atoms with Crippen LogP contribution >= 0.6 is 0 Å². The molecule has 1 saturated carbocycles. The number of carbonyl (C=O) groups excluding carboxylic acids is 1. The zero-order chi connectivity index (χ0) is 13.9. The van der Waals surface area contributed by atoms with E-state index in [1.165, 1.54) is 32.1 Å². The molecule has 0 aromatic carbocycles. The molecule has 0 radical (unpaired) electrons. The summed E-state index contributed by atoms with van der Waals surface area (Å²) in [7, 11) is 1.68. The van der Waals surface area contributed by atoms with Crippen LogP contribution in [0.2, 0.25) is 0 Å². The van der Waals surface area contributed by atoms with Gasteiger partial charge in [0.2, 0.25) is 5.91 Å². The third-order valence-electron chi connectivity index (χ3n) is 4.00. The molecule has 0 saturated heterocycles. The Morgan fingerprint density at radius 1 is 1.21 bits per heavy atom. The Morgan fingerprint density at radius 2 is 1.95 bits per heavy atom. The van der Waals surface area contributed by atoms with Gasteiger partial charge in [0.25, 0.3) is 0 Å². The Morgan fingerprint density at radius 3 is 2.63 bits per heavy atom. The van der Waals surface area contributed by atoms with Crippen molar-refractivity contribution in [2.24, 2.45) is 11.8 Å². The molecule has 1 aliphatic rings. The second-order valence-corrected chi connectivity index (χ2v) is 5.79. The molecule has 0 heterocycles. The molecular formula is C15H30N2O2. The molecule has 0 unspecified atom stereocenters. The van der Waals surface area contributed by atoms with Crippen molar-refractivity contribution in [2.45, 2.75) is 45.4 Å². The lowest BCUT2D eigenvalue weighted by Gasteiger charge is -2.26. The van der Waals surface area contributed by atoms with Gasteiger partial charge in [0.1, 0.15) is 0 Å². The molecule has 0 bridgehead atoms. The molecule has 112 valence electrons. The lowest BCUT2D eigenvalue weighted by Crippen LogP contribution is -2.35. The number of amides is 1. The highest BCUT2D eigenvalue weighted by atomic mass is 16.5. The molecule has 4 nitrogen and oxygen atoms in total. The molecule has 0 atom stereocenters. The number of methoxy groups -OCH3 is 1. The van der Waals surface area contributed by atoms with Gasteiger partial charge in [-0.1, -0.05) is 32.6 Å². The van der Waals surface area contributed by atoms with Crippen LogP contribution in [0.3, 0.4) is 0 Å². The van der Waals surface area contributed by atoms with Gasteiger partial charge in [-0.05, 0) is 31.2 Å². The fraction of sp³-hybridized carbons (Fsp3) is 0.933. The second-order valence-electron chi connectivity index (χ2n) is 5.79. The molecule has 19 heavy (non-hydrogen) atoms. The van der Waals surface area contributed by atoms with E-state index in [1.54, 1.807) is 7.11 Å². The molecule has 4 heteroatoms. The molecule has 1 aliphatic carbocycles. The van der Waals surface area contributed by atoms with Crippen molar-refractivity contribution in [3.05, 3.63) is 0 Å². The van der Waals surface area contributed by atoms with E-state index in [0.29, 0.717) is 19.7 Å². The summed E-state index contributed by atoms with van der Waals surface area (Å²) in [6.45, 7) is 5.16. The lowest BCUT2D eigenvalue weighted by atomic mass is 9.81. The Labute approximate surface area is 117 Å². The van der Waals surface area contributed by atoms with Crippen molar-refractivity contribution in [3.8, 4) is 0 Å². The summed E-state index contributed by atoms with van der Waals surface area (Å²) < 4.78 is 4.93. The summed E-state index contributed by atoms with van der Waals surface area (Å²) >= 11 is 0. The SMILES string of the molecule is COCCCNC(=O)CNCCC1CCC(C)CC1. The number of carbonyl (C=O) groups is 1. The van der Waals surface area contributed by atoms with Gasteiger partial charge in [0.15, 0.2) is 0 Å². The minimum Gasteiger partial charge on any atom is -0.385 e. The second kappa shape index (κ2) is 10.2. The summed E-state index contributed by atoms with van der Waals surface area (Å²) in [5.74, 6) is 1.88. The average molecular weight is 270 g/mol. The Kier molecular flexibility index (Phi) is 8.84. The molecule has 0 aromatic heterocycles. The maximum atomic E-state index is 11.5. The first-order chi connectivity index (χ1) is 9.22.